The average Bonchev–Trinajstić information content (AvgIpc) is 2.65. The van der Waals surface area contributed by atoms with Gasteiger partial charge in [0.25, 0.3) is 0 Å². The predicted molar refractivity (Wildman–Crippen MR) is 94.5 cm³/mol. The zero-order chi connectivity index (χ0) is 18.1. The van der Waals surface area contributed by atoms with Crippen molar-refractivity contribution in [3.8, 4) is 0 Å². The van der Waals surface area contributed by atoms with E-state index in [1.54, 1.807) is 6.20 Å². The largest absolute Gasteiger partial charge is 0.492 e. The third kappa shape index (κ3) is 3.97. The van der Waals surface area contributed by atoms with Gasteiger partial charge in [-0.1, -0.05) is 6.08 Å². The summed E-state index contributed by atoms with van der Waals surface area (Å²) in [4.78, 5) is 25.4. The second kappa shape index (κ2) is 6.57. The molecule has 0 aromatic carbocycles. The van der Waals surface area contributed by atoms with Crippen LogP contribution in [0.5, 0.6) is 0 Å². The fourth-order valence-electron chi connectivity index (χ4n) is 2.36. The van der Waals surface area contributed by atoms with E-state index in [0.717, 1.165) is 16.6 Å². The number of hydrogen-bond acceptors (Lipinski definition) is 4. The SMILES string of the molecule is CC(=O)NCC(=Cc1c[nH]c(=O)cc1C)B1OC(C)(C)C(C)(C)O1. The second-order valence-electron chi connectivity index (χ2n) is 7.15. The first-order valence-electron chi connectivity index (χ1n) is 8.02. The molecule has 0 atom stereocenters. The number of H-pyrrole nitrogens is 1. The van der Waals surface area contributed by atoms with Crippen LogP contribution < -0.4 is 10.9 Å². The van der Waals surface area contributed by atoms with E-state index in [4.69, 9.17) is 9.31 Å². The van der Waals surface area contributed by atoms with Gasteiger partial charge < -0.3 is 19.6 Å². The number of aryl methyl sites for hydroxylation is 1. The molecule has 6 nitrogen and oxygen atoms in total. The van der Waals surface area contributed by atoms with Crippen molar-refractivity contribution in [3.05, 3.63) is 39.2 Å². The van der Waals surface area contributed by atoms with Gasteiger partial charge in [-0.15, -0.1) is 0 Å². The minimum Gasteiger partial charge on any atom is -0.400 e. The Kier molecular flexibility index (Phi) is 5.06. The van der Waals surface area contributed by atoms with Gasteiger partial charge in [-0.3, -0.25) is 9.59 Å². The van der Waals surface area contributed by atoms with Crippen molar-refractivity contribution < 1.29 is 14.1 Å². The summed E-state index contributed by atoms with van der Waals surface area (Å²) in [5.41, 5.74) is 1.41. The van der Waals surface area contributed by atoms with Crippen molar-refractivity contribution in [1.82, 2.24) is 10.3 Å². The van der Waals surface area contributed by atoms with E-state index in [-0.39, 0.29) is 11.5 Å². The smallest absolute Gasteiger partial charge is 0.400 e. The summed E-state index contributed by atoms with van der Waals surface area (Å²) in [6.07, 6.45) is 3.54. The molecule has 1 saturated heterocycles. The van der Waals surface area contributed by atoms with Crippen LogP contribution in [-0.2, 0) is 14.1 Å². The lowest BCUT2D eigenvalue weighted by molar-refractivity contribution is -0.118. The van der Waals surface area contributed by atoms with Crippen LogP contribution in [-0.4, -0.2) is 35.8 Å². The van der Waals surface area contributed by atoms with Crippen LogP contribution in [0.15, 0.2) is 22.5 Å². The second-order valence-corrected chi connectivity index (χ2v) is 7.15. The highest BCUT2D eigenvalue weighted by molar-refractivity contribution is 6.56. The van der Waals surface area contributed by atoms with Crippen LogP contribution in [0.3, 0.4) is 0 Å². The van der Waals surface area contributed by atoms with Crippen molar-refractivity contribution in [2.24, 2.45) is 0 Å². The summed E-state index contributed by atoms with van der Waals surface area (Å²) >= 11 is 0. The van der Waals surface area contributed by atoms with Crippen LogP contribution in [0.2, 0.25) is 0 Å². The minimum atomic E-state index is -0.562. The van der Waals surface area contributed by atoms with Gasteiger partial charge in [-0.05, 0) is 51.2 Å². The molecular formula is C17H25BN2O4. The number of aromatic nitrogens is 1. The van der Waals surface area contributed by atoms with E-state index in [2.05, 4.69) is 10.3 Å². The standard InChI is InChI=1S/C17H25BN2O4/c1-11-7-15(22)20-9-13(11)8-14(10-19-12(2)21)18-23-16(3,4)17(5,6)24-18/h7-9H,10H2,1-6H3,(H,19,21)(H,20,22). The molecule has 0 spiro atoms. The first-order chi connectivity index (χ1) is 11.0. The number of carbonyl (C=O) groups is 1. The lowest BCUT2D eigenvalue weighted by Gasteiger charge is -2.32. The van der Waals surface area contributed by atoms with Crippen LogP contribution in [0.25, 0.3) is 6.08 Å². The van der Waals surface area contributed by atoms with Gasteiger partial charge >= 0.3 is 7.12 Å². The average molecular weight is 332 g/mol. The first-order valence-corrected chi connectivity index (χ1v) is 8.02. The topological polar surface area (TPSA) is 80.4 Å². The zero-order valence-corrected chi connectivity index (χ0v) is 15.1. The van der Waals surface area contributed by atoms with E-state index in [0.29, 0.717) is 6.54 Å². The molecule has 0 bridgehead atoms. The molecule has 1 aromatic rings. The molecule has 0 radical (unpaired) electrons. The van der Waals surface area contributed by atoms with Crippen LogP contribution in [0.1, 0.15) is 45.7 Å². The molecule has 1 fully saturated rings. The third-order valence-electron chi connectivity index (χ3n) is 4.61. The quantitative estimate of drug-likeness (QED) is 0.825. The highest BCUT2D eigenvalue weighted by atomic mass is 16.7. The summed E-state index contributed by atoms with van der Waals surface area (Å²) in [6.45, 7) is 11.6. The molecule has 0 unspecified atom stereocenters. The lowest BCUT2D eigenvalue weighted by atomic mass is 9.76. The van der Waals surface area contributed by atoms with Gasteiger partial charge in [0.15, 0.2) is 0 Å². The number of carbonyl (C=O) groups excluding carboxylic acids is 1. The van der Waals surface area contributed by atoms with E-state index in [9.17, 15) is 9.59 Å². The molecule has 2 rings (SSSR count). The molecule has 1 amide bonds. The monoisotopic (exact) mass is 332 g/mol. The van der Waals surface area contributed by atoms with E-state index in [1.807, 2.05) is 40.7 Å². The molecule has 7 heteroatoms. The molecule has 2 N–H and O–H groups in total. The van der Waals surface area contributed by atoms with E-state index >= 15 is 0 Å². The maximum absolute atomic E-state index is 11.4. The fraction of sp³-hybridized carbons (Fsp3) is 0.529. The summed E-state index contributed by atoms with van der Waals surface area (Å²) in [6, 6.07) is 1.53. The number of nitrogens with one attached hydrogen (secondary N) is 2. The molecule has 2 heterocycles. The predicted octanol–water partition coefficient (Wildman–Crippen LogP) is 1.83. The first kappa shape index (κ1) is 18.5. The van der Waals surface area contributed by atoms with E-state index < -0.39 is 18.3 Å². The number of amides is 1. The Bertz CT molecular complexity index is 706. The Morgan fingerprint density at radius 2 is 1.88 bits per heavy atom. The van der Waals surface area contributed by atoms with Gasteiger partial charge in [0.1, 0.15) is 0 Å². The number of hydrogen-bond donors (Lipinski definition) is 2. The molecule has 1 aromatic heterocycles. The Hall–Kier alpha value is -1.86. The van der Waals surface area contributed by atoms with Gasteiger partial charge in [-0.25, -0.2) is 0 Å². The minimum absolute atomic E-state index is 0.129. The molecule has 24 heavy (non-hydrogen) atoms. The maximum atomic E-state index is 11.4. The Morgan fingerprint density at radius 3 is 2.38 bits per heavy atom. The summed E-state index contributed by atoms with van der Waals surface area (Å²) < 4.78 is 12.2. The van der Waals surface area contributed by atoms with Gasteiger partial charge in [0.05, 0.1) is 11.2 Å². The number of pyridine rings is 1. The van der Waals surface area contributed by atoms with Crippen molar-refractivity contribution >= 4 is 19.1 Å². The van der Waals surface area contributed by atoms with Crippen molar-refractivity contribution in [3.63, 3.8) is 0 Å². The summed E-state index contributed by atoms with van der Waals surface area (Å²) in [7, 11) is -0.562. The molecule has 0 aliphatic carbocycles. The Balaban J connectivity index is 2.37. The lowest BCUT2D eigenvalue weighted by Crippen LogP contribution is -2.41. The normalized spacial score (nSPS) is 19.4. The van der Waals surface area contributed by atoms with E-state index in [1.165, 1.54) is 13.0 Å². The Morgan fingerprint density at radius 1 is 1.29 bits per heavy atom. The fourth-order valence-corrected chi connectivity index (χ4v) is 2.36. The number of rotatable bonds is 4. The Labute approximate surface area is 142 Å². The van der Waals surface area contributed by atoms with Gasteiger partial charge in [-0.2, -0.15) is 0 Å². The van der Waals surface area contributed by atoms with Crippen LogP contribution >= 0.6 is 0 Å². The summed E-state index contributed by atoms with van der Waals surface area (Å²) in [5.74, 6) is -0.129. The molecule has 1 aliphatic rings. The molecule has 130 valence electrons. The zero-order valence-electron chi connectivity index (χ0n) is 15.1. The third-order valence-corrected chi connectivity index (χ3v) is 4.61. The molecule has 0 saturated carbocycles. The van der Waals surface area contributed by atoms with Crippen molar-refractivity contribution in [2.45, 2.75) is 52.7 Å². The molecule has 1 aliphatic heterocycles. The van der Waals surface area contributed by atoms with Crippen LogP contribution in [0.4, 0.5) is 0 Å². The summed E-state index contributed by atoms with van der Waals surface area (Å²) in [5, 5.41) is 2.79. The van der Waals surface area contributed by atoms with Gasteiger partial charge in [0, 0.05) is 25.7 Å². The van der Waals surface area contributed by atoms with Crippen LogP contribution in [0, 0.1) is 6.92 Å². The van der Waals surface area contributed by atoms with Crippen molar-refractivity contribution in [1.29, 1.82) is 0 Å². The number of aromatic amines is 1. The maximum Gasteiger partial charge on any atom is 0.492 e. The molecular weight excluding hydrogens is 307 g/mol. The highest BCUT2D eigenvalue weighted by Crippen LogP contribution is 2.38. The van der Waals surface area contributed by atoms with Crippen molar-refractivity contribution in [2.75, 3.05) is 6.54 Å². The highest BCUT2D eigenvalue weighted by Gasteiger charge is 2.52. The van der Waals surface area contributed by atoms with Gasteiger partial charge in [0.2, 0.25) is 11.5 Å².